The number of non-ortho nitro benzene ring substituents is 1. The van der Waals surface area contributed by atoms with Crippen LogP contribution >= 0.6 is 0 Å². The average molecular weight is 244 g/mol. The van der Waals surface area contributed by atoms with Gasteiger partial charge >= 0.3 is 0 Å². The van der Waals surface area contributed by atoms with Gasteiger partial charge < -0.3 is 4.57 Å². The minimum Gasteiger partial charge on any atom is -0.320 e. The Morgan fingerprint density at radius 3 is 2.94 bits per heavy atom. The summed E-state index contributed by atoms with van der Waals surface area (Å²) in [5.74, 6) is 1.61. The summed E-state index contributed by atoms with van der Waals surface area (Å²) < 4.78 is 1.90. The smallest absolute Gasteiger partial charge is 0.269 e. The Morgan fingerprint density at radius 1 is 1.44 bits per heavy atom. The van der Waals surface area contributed by atoms with Gasteiger partial charge in [0.1, 0.15) is 12.2 Å². The summed E-state index contributed by atoms with van der Waals surface area (Å²) in [5.41, 5.74) is 1.16. The number of benzene rings is 1. The molecule has 0 spiro atoms. The Bertz CT molecular complexity index is 608. The third kappa shape index (κ3) is 1.75. The average Bonchev–Trinajstić information content (AvgIpc) is 3.05. The lowest BCUT2D eigenvalue weighted by Crippen LogP contribution is -1.96. The molecule has 0 aliphatic heterocycles. The van der Waals surface area contributed by atoms with E-state index in [0.29, 0.717) is 11.8 Å². The van der Waals surface area contributed by atoms with E-state index >= 15 is 0 Å². The van der Waals surface area contributed by atoms with Crippen molar-refractivity contribution in [3.05, 3.63) is 52.1 Å². The van der Waals surface area contributed by atoms with E-state index in [1.807, 2.05) is 17.7 Å². The topological polar surface area (TPSA) is 73.8 Å². The van der Waals surface area contributed by atoms with E-state index in [0.717, 1.165) is 17.8 Å². The summed E-state index contributed by atoms with van der Waals surface area (Å²) in [6, 6.07) is 6.85. The van der Waals surface area contributed by atoms with E-state index in [1.165, 1.54) is 6.07 Å². The van der Waals surface area contributed by atoms with Crippen LogP contribution in [0.15, 0.2) is 30.6 Å². The number of nitro benzene ring substituents is 1. The SMILES string of the molecule is Cn1cnnc1C1CC1c1cccc([N+](=O)[O-])c1. The molecule has 6 nitrogen and oxygen atoms in total. The second kappa shape index (κ2) is 3.90. The van der Waals surface area contributed by atoms with Crippen LogP contribution in [0, 0.1) is 10.1 Å². The van der Waals surface area contributed by atoms with Crippen molar-refractivity contribution in [2.24, 2.45) is 7.05 Å². The molecule has 6 heteroatoms. The lowest BCUT2D eigenvalue weighted by molar-refractivity contribution is -0.384. The van der Waals surface area contributed by atoms with Crippen LogP contribution in [0.5, 0.6) is 0 Å². The number of hydrogen-bond donors (Lipinski definition) is 0. The van der Waals surface area contributed by atoms with Crippen LogP contribution in [0.4, 0.5) is 5.69 Å². The molecular formula is C12H12N4O2. The van der Waals surface area contributed by atoms with Crippen LogP contribution in [0.2, 0.25) is 0 Å². The van der Waals surface area contributed by atoms with Gasteiger partial charge in [-0.15, -0.1) is 10.2 Å². The Hall–Kier alpha value is -2.24. The molecule has 0 radical (unpaired) electrons. The predicted octanol–water partition coefficient (Wildman–Crippen LogP) is 1.99. The van der Waals surface area contributed by atoms with Crippen molar-refractivity contribution in [1.82, 2.24) is 14.8 Å². The standard InChI is InChI=1S/C12H12N4O2/c1-15-7-13-14-12(15)11-6-10(11)8-3-2-4-9(5-8)16(17)18/h2-5,7,10-11H,6H2,1H3. The van der Waals surface area contributed by atoms with Gasteiger partial charge in [-0.05, 0) is 17.9 Å². The maximum atomic E-state index is 10.7. The van der Waals surface area contributed by atoms with Crippen LogP contribution in [0.3, 0.4) is 0 Å². The van der Waals surface area contributed by atoms with Gasteiger partial charge in [-0.25, -0.2) is 0 Å². The Kier molecular flexibility index (Phi) is 2.36. The third-order valence-corrected chi connectivity index (χ3v) is 3.38. The number of nitro groups is 1. The van der Waals surface area contributed by atoms with Crippen molar-refractivity contribution < 1.29 is 4.92 Å². The maximum absolute atomic E-state index is 10.7. The molecule has 2 unspecified atom stereocenters. The van der Waals surface area contributed by atoms with Gasteiger partial charge in [0.25, 0.3) is 5.69 Å². The fourth-order valence-corrected chi connectivity index (χ4v) is 2.35. The van der Waals surface area contributed by atoms with Crippen LogP contribution in [-0.2, 0) is 7.05 Å². The lowest BCUT2D eigenvalue weighted by atomic mass is 10.1. The molecule has 0 saturated heterocycles. The Labute approximate surface area is 103 Å². The molecule has 1 aliphatic rings. The molecular weight excluding hydrogens is 232 g/mol. The predicted molar refractivity (Wildman–Crippen MR) is 64.2 cm³/mol. The second-order valence-corrected chi connectivity index (χ2v) is 4.60. The monoisotopic (exact) mass is 244 g/mol. The quantitative estimate of drug-likeness (QED) is 0.611. The fraction of sp³-hybridized carbons (Fsp3) is 0.333. The molecule has 1 aromatic heterocycles. The number of aromatic nitrogens is 3. The van der Waals surface area contributed by atoms with Crippen LogP contribution in [-0.4, -0.2) is 19.7 Å². The molecule has 0 amide bonds. The van der Waals surface area contributed by atoms with Crippen LogP contribution in [0.25, 0.3) is 0 Å². The lowest BCUT2D eigenvalue weighted by Gasteiger charge is -2.00. The second-order valence-electron chi connectivity index (χ2n) is 4.60. The molecule has 1 fully saturated rings. The molecule has 2 atom stereocenters. The summed E-state index contributed by atoms with van der Waals surface area (Å²) in [6.45, 7) is 0. The van der Waals surface area contributed by atoms with Gasteiger partial charge in [0.15, 0.2) is 0 Å². The van der Waals surface area contributed by atoms with Crippen molar-refractivity contribution in [1.29, 1.82) is 0 Å². The van der Waals surface area contributed by atoms with Crippen LogP contribution < -0.4 is 0 Å². The molecule has 1 aromatic carbocycles. The highest BCUT2D eigenvalue weighted by atomic mass is 16.6. The Balaban J connectivity index is 1.84. The zero-order chi connectivity index (χ0) is 12.7. The van der Waals surface area contributed by atoms with Crippen molar-refractivity contribution in [2.75, 3.05) is 0 Å². The van der Waals surface area contributed by atoms with Gasteiger partial charge in [0.05, 0.1) is 4.92 Å². The van der Waals surface area contributed by atoms with Gasteiger partial charge in [0.2, 0.25) is 0 Å². The van der Waals surface area contributed by atoms with E-state index in [2.05, 4.69) is 10.2 Å². The van der Waals surface area contributed by atoms with Gasteiger partial charge in [0, 0.05) is 25.1 Å². The van der Waals surface area contributed by atoms with Crippen molar-refractivity contribution in [2.45, 2.75) is 18.3 Å². The summed E-state index contributed by atoms with van der Waals surface area (Å²) in [4.78, 5) is 10.4. The first-order chi connectivity index (χ1) is 8.66. The Morgan fingerprint density at radius 2 is 2.28 bits per heavy atom. The summed E-state index contributed by atoms with van der Waals surface area (Å²) in [5, 5.41) is 18.7. The van der Waals surface area contributed by atoms with Crippen LogP contribution in [0.1, 0.15) is 29.6 Å². The molecule has 1 saturated carbocycles. The van der Waals surface area contributed by atoms with Crippen molar-refractivity contribution in [3.63, 3.8) is 0 Å². The third-order valence-electron chi connectivity index (χ3n) is 3.38. The molecule has 92 valence electrons. The number of hydrogen-bond acceptors (Lipinski definition) is 4. The van der Waals surface area contributed by atoms with E-state index in [-0.39, 0.29) is 10.6 Å². The van der Waals surface area contributed by atoms with E-state index in [9.17, 15) is 10.1 Å². The zero-order valence-electron chi connectivity index (χ0n) is 9.85. The summed E-state index contributed by atoms with van der Waals surface area (Å²) in [7, 11) is 1.91. The summed E-state index contributed by atoms with van der Waals surface area (Å²) >= 11 is 0. The molecule has 3 rings (SSSR count). The molecule has 1 heterocycles. The summed E-state index contributed by atoms with van der Waals surface area (Å²) in [6.07, 6.45) is 2.66. The first-order valence-corrected chi connectivity index (χ1v) is 5.75. The number of rotatable bonds is 3. The largest absolute Gasteiger partial charge is 0.320 e. The first-order valence-electron chi connectivity index (χ1n) is 5.75. The first kappa shape index (κ1) is 10.9. The molecule has 0 bridgehead atoms. The minimum atomic E-state index is -0.358. The molecule has 18 heavy (non-hydrogen) atoms. The normalized spacial score (nSPS) is 21.8. The van der Waals surface area contributed by atoms with E-state index in [4.69, 9.17) is 0 Å². The zero-order valence-corrected chi connectivity index (χ0v) is 9.85. The molecule has 0 N–H and O–H groups in total. The highest BCUT2D eigenvalue weighted by molar-refractivity contribution is 5.40. The van der Waals surface area contributed by atoms with Gasteiger partial charge in [-0.1, -0.05) is 12.1 Å². The maximum Gasteiger partial charge on any atom is 0.269 e. The molecule has 2 aromatic rings. The molecule has 1 aliphatic carbocycles. The van der Waals surface area contributed by atoms with Gasteiger partial charge in [-0.3, -0.25) is 10.1 Å². The highest BCUT2D eigenvalue weighted by Crippen LogP contribution is 2.54. The number of nitrogens with zero attached hydrogens (tertiary/aromatic N) is 4. The van der Waals surface area contributed by atoms with E-state index < -0.39 is 0 Å². The van der Waals surface area contributed by atoms with E-state index in [1.54, 1.807) is 18.5 Å². The van der Waals surface area contributed by atoms with Crippen molar-refractivity contribution in [3.8, 4) is 0 Å². The van der Waals surface area contributed by atoms with Crippen molar-refractivity contribution >= 4 is 5.69 Å². The number of aryl methyl sites for hydroxylation is 1. The fourth-order valence-electron chi connectivity index (χ4n) is 2.35. The highest BCUT2D eigenvalue weighted by Gasteiger charge is 2.42. The van der Waals surface area contributed by atoms with Gasteiger partial charge in [-0.2, -0.15) is 0 Å². The minimum absolute atomic E-state index is 0.149.